The first-order valence-corrected chi connectivity index (χ1v) is 5.52. The van der Waals surface area contributed by atoms with Gasteiger partial charge in [-0.1, -0.05) is 57.9 Å². The molecule has 0 aromatic rings. The minimum atomic E-state index is 0. The van der Waals surface area contributed by atoms with Gasteiger partial charge in [0.05, 0.1) is 0 Å². The van der Waals surface area contributed by atoms with E-state index in [1.54, 1.807) is 0 Å². The molecule has 0 aliphatic rings. The number of allylic oxidation sites excluding steroid dienone is 1. The predicted octanol–water partition coefficient (Wildman–Crippen LogP) is 4.82. The Bertz CT molecular complexity index is 89.1. The van der Waals surface area contributed by atoms with E-state index in [1.165, 1.54) is 57.8 Å². The average Bonchev–Trinajstić information content (AvgIpc) is 2.10. The molecule has 0 rings (SSSR count). The van der Waals surface area contributed by atoms with Crippen molar-refractivity contribution in [3.63, 3.8) is 0 Å². The quantitative estimate of drug-likeness (QED) is 0.371. The summed E-state index contributed by atoms with van der Waals surface area (Å²) in [5.41, 5.74) is 0. The van der Waals surface area contributed by atoms with Gasteiger partial charge >= 0.3 is 0 Å². The van der Waals surface area contributed by atoms with Crippen LogP contribution in [0, 0.1) is 0 Å². The summed E-state index contributed by atoms with van der Waals surface area (Å²) >= 11 is 0. The van der Waals surface area contributed by atoms with Crippen molar-refractivity contribution in [2.45, 2.75) is 64.7 Å². The van der Waals surface area contributed by atoms with Crippen molar-refractivity contribution in [2.75, 3.05) is 0 Å². The lowest BCUT2D eigenvalue weighted by molar-refractivity contribution is 0.578. The van der Waals surface area contributed by atoms with Gasteiger partial charge in [-0.15, -0.1) is 6.58 Å². The van der Waals surface area contributed by atoms with E-state index >= 15 is 0 Å². The maximum absolute atomic E-state index is 3.72. The molecular formula is C12H26S. The molecule has 0 aliphatic heterocycles. The summed E-state index contributed by atoms with van der Waals surface area (Å²) < 4.78 is 0. The number of rotatable bonds is 9. The van der Waals surface area contributed by atoms with E-state index in [4.69, 9.17) is 0 Å². The molecule has 0 nitrogen and oxygen atoms in total. The Labute approximate surface area is 91.3 Å². The monoisotopic (exact) mass is 202 g/mol. The summed E-state index contributed by atoms with van der Waals surface area (Å²) in [6, 6.07) is 0. The first-order chi connectivity index (χ1) is 5.91. The van der Waals surface area contributed by atoms with E-state index in [9.17, 15) is 0 Å². The molecule has 0 aromatic heterocycles. The molecule has 1 heteroatoms. The summed E-state index contributed by atoms with van der Waals surface area (Å²) in [6.45, 7) is 5.99. The van der Waals surface area contributed by atoms with Crippen molar-refractivity contribution in [2.24, 2.45) is 0 Å². The Morgan fingerprint density at radius 1 is 0.846 bits per heavy atom. The molecule has 0 N–H and O–H groups in total. The molecule has 13 heavy (non-hydrogen) atoms. The molecule has 80 valence electrons. The summed E-state index contributed by atoms with van der Waals surface area (Å²) in [5.74, 6) is 0. The second-order valence-electron chi connectivity index (χ2n) is 3.55. The van der Waals surface area contributed by atoms with Crippen molar-refractivity contribution in [1.29, 1.82) is 0 Å². The molecule has 0 unspecified atom stereocenters. The Hall–Kier alpha value is 0.0900. The number of hydrogen-bond donors (Lipinski definition) is 0. The molecule has 0 fully saturated rings. The molecular weight excluding hydrogens is 176 g/mol. The maximum atomic E-state index is 3.72. The fraction of sp³-hybridized carbons (Fsp3) is 0.833. The van der Waals surface area contributed by atoms with Crippen LogP contribution in [-0.4, -0.2) is 0 Å². The topological polar surface area (TPSA) is 0 Å². The van der Waals surface area contributed by atoms with Gasteiger partial charge in [0.25, 0.3) is 0 Å². The van der Waals surface area contributed by atoms with Crippen LogP contribution in [0.2, 0.25) is 0 Å². The highest BCUT2D eigenvalue weighted by atomic mass is 32.1. The van der Waals surface area contributed by atoms with Gasteiger partial charge in [-0.05, 0) is 12.8 Å². The lowest BCUT2D eigenvalue weighted by Crippen LogP contribution is -1.79. The Morgan fingerprint density at radius 2 is 1.31 bits per heavy atom. The smallest absolute Gasteiger partial charge is 0.0353 e. The Kier molecular flexibility index (Phi) is 17.5. The van der Waals surface area contributed by atoms with E-state index in [1.807, 2.05) is 6.08 Å². The molecule has 0 heterocycles. The van der Waals surface area contributed by atoms with Crippen LogP contribution in [-0.2, 0) is 0 Å². The molecule has 0 saturated carbocycles. The highest BCUT2D eigenvalue weighted by Gasteiger charge is 1.89. The summed E-state index contributed by atoms with van der Waals surface area (Å²) in [7, 11) is 0. The fourth-order valence-corrected chi connectivity index (χ4v) is 1.42. The molecule has 0 radical (unpaired) electrons. The van der Waals surface area contributed by atoms with Crippen molar-refractivity contribution in [1.82, 2.24) is 0 Å². The molecule has 0 spiro atoms. The maximum Gasteiger partial charge on any atom is -0.0353 e. The van der Waals surface area contributed by atoms with Crippen molar-refractivity contribution < 1.29 is 0 Å². The molecule has 0 saturated heterocycles. The average molecular weight is 202 g/mol. The third-order valence-electron chi connectivity index (χ3n) is 2.26. The zero-order valence-electron chi connectivity index (χ0n) is 9.15. The van der Waals surface area contributed by atoms with Crippen LogP contribution >= 0.6 is 13.5 Å². The minimum absolute atomic E-state index is 0. The summed E-state index contributed by atoms with van der Waals surface area (Å²) in [5, 5.41) is 0. The van der Waals surface area contributed by atoms with Crippen LogP contribution in [0.4, 0.5) is 0 Å². The SMILES string of the molecule is C=CCCCCCCCCCC.S. The van der Waals surface area contributed by atoms with Gasteiger partial charge in [-0.3, -0.25) is 0 Å². The van der Waals surface area contributed by atoms with E-state index in [0.717, 1.165) is 0 Å². The van der Waals surface area contributed by atoms with Gasteiger partial charge < -0.3 is 0 Å². The van der Waals surface area contributed by atoms with Gasteiger partial charge in [-0.2, -0.15) is 13.5 Å². The Morgan fingerprint density at radius 3 is 1.77 bits per heavy atom. The molecule has 0 atom stereocenters. The van der Waals surface area contributed by atoms with E-state index in [-0.39, 0.29) is 13.5 Å². The third-order valence-corrected chi connectivity index (χ3v) is 2.26. The minimum Gasteiger partial charge on any atom is -0.197 e. The summed E-state index contributed by atoms with van der Waals surface area (Å²) in [6.07, 6.45) is 14.5. The fourth-order valence-electron chi connectivity index (χ4n) is 1.42. The largest absolute Gasteiger partial charge is 0.197 e. The third kappa shape index (κ3) is 14.9. The van der Waals surface area contributed by atoms with Gasteiger partial charge in [-0.25, -0.2) is 0 Å². The van der Waals surface area contributed by atoms with Gasteiger partial charge in [0.1, 0.15) is 0 Å². The van der Waals surface area contributed by atoms with Crippen LogP contribution in [0.1, 0.15) is 64.7 Å². The molecule has 0 amide bonds. The van der Waals surface area contributed by atoms with Crippen molar-refractivity contribution in [3.05, 3.63) is 12.7 Å². The van der Waals surface area contributed by atoms with Crippen molar-refractivity contribution >= 4 is 13.5 Å². The lowest BCUT2D eigenvalue weighted by Gasteiger charge is -1.99. The second-order valence-corrected chi connectivity index (χ2v) is 3.55. The zero-order valence-corrected chi connectivity index (χ0v) is 10.1. The standard InChI is InChI=1S/C12H24.H2S/c1-3-5-7-9-11-12-10-8-6-4-2;/h3H,1,4-12H2,2H3;1H2. The van der Waals surface area contributed by atoms with Crippen LogP contribution in [0.25, 0.3) is 0 Å². The van der Waals surface area contributed by atoms with Crippen molar-refractivity contribution in [3.8, 4) is 0 Å². The van der Waals surface area contributed by atoms with E-state index < -0.39 is 0 Å². The van der Waals surface area contributed by atoms with Gasteiger partial charge in [0, 0.05) is 0 Å². The highest BCUT2D eigenvalue weighted by Crippen LogP contribution is 2.09. The molecule has 0 aromatic carbocycles. The molecule has 0 bridgehead atoms. The predicted molar refractivity (Wildman–Crippen MR) is 67.8 cm³/mol. The molecule has 0 aliphatic carbocycles. The summed E-state index contributed by atoms with van der Waals surface area (Å²) in [4.78, 5) is 0. The first kappa shape index (κ1) is 15.6. The lowest BCUT2D eigenvalue weighted by atomic mass is 10.1. The van der Waals surface area contributed by atoms with Crippen LogP contribution in [0.15, 0.2) is 12.7 Å². The zero-order chi connectivity index (χ0) is 9.07. The number of unbranched alkanes of at least 4 members (excludes halogenated alkanes) is 8. The highest BCUT2D eigenvalue weighted by molar-refractivity contribution is 7.59. The van der Waals surface area contributed by atoms with Gasteiger partial charge in [0.2, 0.25) is 0 Å². The van der Waals surface area contributed by atoms with Crippen LogP contribution in [0.5, 0.6) is 0 Å². The first-order valence-electron chi connectivity index (χ1n) is 5.52. The van der Waals surface area contributed by atoms with Crippen LogP contribution in [0.3, 0.4) is 0 Å². The normalized spacial score (nSPS) is 9.31. The van der Waals surface area contributed by atoms with Gasteiger partial charge in [0.15, 0.2) is 0 Å². The number of hydrogen-bond acceptors (Lipinski definition) is 0. The van der Waals surface area contributed by atoms with E-state index in [2.05, 4.69) is 13.5 Å². The Balaban J connectivity index is 0. The van der Waals surface area contributed by atoms with E-state index in [0.29, 0.717) is 0 Å². The van der Waals surface area contributed by atoms with Crippen LogP contribution < -0.4 is 0 Å². The second kappa shape index (κ2) is 14.6.